The van der Waals surface area contributed by atoms with Crippen molar-refractivity contribution < 1.29 is 0 Å². The van der Waals surface area contributed by atoms with Crippen LogP contribution >= 0.6 is 0 Å². The third-order valence-corrected chi connectivity index (χ3v) is 3.18. The highest BCUT2D eigenvalue weighted by molar-refractivity contribution is 5.18. The molecule has 2 N–H and O–H groups in total. The van der Waals surface area contributed by atoms with Crippen LogP contribution < -0.4 is 5.73 Å². The number of nitrogens with two attached hydrogens (primary N) is 1. The molecule has 0 radical (unpaired) electrons. The molecule has 1 aromatic heterocycles. The zero-order chi connectivity index (χ0) is 12.8. The molecule has 0 aliphatic heterocycles. The maximum absolute atomic E-state index is 6.28. The largest absolute Gasteiger partial charge is 0.333 e. The van der Waals surface area contributed by atoms with Crippen molar-refractivity contribution >= 4 is 0 Å². The van der Waals surface area contributed by atoms with Gasteiger partial charge < -0.3 is 10.3 Å². The topological polar surface area (TPSA) is 43.8 Å². The van der Waals surface area contributed by atoms with Crippen LogP contribution in [0, 0.1) is 0 Å². The molecule has 0 spiro atoms. The van der Waals surface area contributed by atoms with Gasteiger partial charge in [-0.1, -0.05) is 43.7 Å². The second-order valence-electron chi connectivity index (χ2n) is 4.66. The predicted molar refractivity (Wildman–Crippen MR) is 74.2 cm³/mol. The molecule has 0 fully saturated rings. The molecule has 0 bridgehead atoms. The number of aromatic nitrogens is 2. The summed E-state index contributed by atoms with van der Waals surface area (Å²) in [5.74, 6) is 0. The summed E-state index contributed by atoms with van der Waals surface area (Å²) in [5, 5.41) is 0. The number of aryl methyl sites for hydroxylation is 1. The van der Waals surface area contributed by atoms with E-state index in [1.54, 1.807) is 0 Å². The smallest absolute Gasteiger partial charge is 0.0948 e. The van der Waals surface area contributed by atoms with Crippen molar-refractivity contribution in [2.24, 2.45) is 5.73 Å². The second-order valence-corrected chi connectivity index (χ2v) is 4.66. The second kappa shape index (κ2) is 6.36. The Balaban J connectivity index is 2.04. The average Bonchev–Trinajstić information content (AvgIpc) is 2.86. The number of unbranched alkanes of at least 4 members (excludes halogenated alkanes) is 1. The molecule has 96 valence electrons. The maximum Gasteiger partial charge on any atom is 0.0948 e. The van der Waals surface area contributed by atoms with E-state index in [0.717, 1.165) is 18.7 Å². The first kappa shape index (κ1) is 12.8. The first-order valence-electron chi connectivity index (χ1n) is 6.60. The molecule has 1 aromatic carbocycles. The van der Waals surface area contributed by atoms with Gasteiger partial charge in [-0.15, -0.1) is 0 Å². The predicted octanol–water partition coefficient (Wildman–Crippen LogP) is 2.93. The molecule has 0 saturated carbocycles. The van der Waals surface area contributed by atoms with Crippen LogP contribution in [0.15, 0.2) is 42.9 Å². The lowest BCUT2D eigenvalue weighted by atomic mass is 10.0. The molecule has 0 aliphatic rings. The van der Waals surface area contributed by atoms with Gasteiger partial charge in [0.2, 0.25) is 0 Å². The van der Waals surface area contributed by atoms with Gasteiger partial charge in [0.15, 0.2) is 0 Å². The fraction of sp³-hybridized carbons (Fsp3) is 0.400. The van der Waals surface area contributed by atoms with Crippen LogP contribution in [0.1, 0.15) is 37.1 Å². The summed E-state index contributed by atoms with van der Waals surface area (Å²) in [5.41, 5.74) is 8.69. The molecule has 0 amide bonds. The van der Waals surface area contributed by atoms with Crippen molar-refractivity contribution in [3.63, 3.8) is 0 Å². The van der Waals surface area contributed by atoms with Gasteiger partial charge in [0.25, 0.3) is 0 Å². The summed E-state index contributed by atoms with van der Waals surface area (Å²) in [6.07, 6.45) is 6.99. The van der Waals surface area contributed by atoms with Crippen LogP contribution in [-0.2, 0) is 13.0 Å². The maximum atomic E-state index is 6.28. The number of nitrogens with zero attached hydrogens (tertiary/aromatic N) is 2. The molecule has 3 nitrogen and oxygen atoms in total. The Morgan fingerprint density at radius 1 is 1.28 bits per heavy atom. The van der Waals surface area contributed by atoms with Crippen LogP contribution in [-0.4, -0.2) is 9.55 Å². The molecular weight excluding hydrogens is 222 g/mol. The van der Waals surface area contributed by atoms with Crippen LogP contribution in [0.25, 0.3) is 0 Å². The summed E-state index contributed by atoms with van der Waals surface area (Å²) in [4.78, 5) is 4.22. The standard InChI is InChI=1S/C15H21N3/c1-2-3-9-18-12-17-11-15(18)14(16)10-13-7-5-4-6-8-13/h4-8,11-12,14H,2-3,9-10,16H2,1H3/t14-/m1/s1. The molecule has 2 rings (SSSR count). The molecule has 0 aliphatic carbocycles. The van der Waals surface area contributed by atoms with Gasteiger partial charge >= 0.3 is 0 Å². The molecule has 0 saturated heterocycles. The Kier molecular flexibility index (Phi) is 4.53. The fourth-order valence-electron chi connectivity index (χ4n) is 2.13. The monoisotopic (exact) mass is 243 g/mol. The quantitative estimate of drug-likeness (QED) is 0.847. The third-order valence-electron chi connectivity index (χ3n) is 3.18. The van der Waals surface area contributed by atoms with E-state index in [9.17, 15) is 0 Å². The Labute approximate surface area is 109 Å². The lowest BCUT2D eigenvalue weighted by Gasteiger charge is -2.14. The molecule has 3 heteroatoms. The van der Waals surface area contributed by atoms with E-state index in [1.165, 1.54) is 18.4 Å². The van der Waals surface area contributed by atoms with Crippen LogP contribution in [0.2, 0.25) is 0 Å². The summed E-state index contributed by atoms with van der Waals surface area (Å²) < 4.78 is 2.18. The highest BCUT2D eigenvalue weighted by Crippen LogP contribution is 2.16. The van der Waals surface area contributed by atoms with E-state index in [0.29, 0.717) is 0 Å². The van der Waals surface area contributed by atoms with Crippen LogP contribution in [0.3, 0.4) is 0 Å². The van der Waals surface area contributed by atoms with Crippen molar-refractivity contribution in [3.05, 3.63) is 54.1 Å². The first-order valence-corrected chi connectivity index (χ1v) is 6.60. The number of benzene rings is 1. The van der Waals surface area contributed by atoms with Crippen molar-refractivity contribution in [3.8, 4) is 0 Å². The lowest BCUT2D eigenvalue weighted by Crippen LogP contribution is -2.17. The highest BCUT2D eigenvalue weighted by Gasteiger charge is 2.11. The molecule has 1 heterocycles. The van der Waals surface area contributed by atoms with Gasteiger partial charge in [0.1, 0.15) is 0 Å². The third kappa shape index (κ3) is 3.20. The normalized spacial score (nSPS) is 12.6. The zero-order valence-electron chi connectivity index (χ0n) is 10.9. The number of rotatable bonds is 6. The van der Waals surface area contributed by atoms with Gasteiger partial charge in [0.05, 0.1) is 18.1 Å². The SMILES string of the molecule is CCCCn1cncc1[C@H](N)Cc1ccccc1. The van der Waals surface area contributed by atoms with Gasteiger partial charge in [-0.2, -0.15) is 0 Å². The van der Waals surface area contributed by atoms with E-state index >= 15 is 0 Å². The average molecular weight is 243 g/mol. The zero-order valence-corrected chi connectivity index (χ0v) is 10.9. The van der Waals surface area contributed by atoms with Gasteiger partial charge in [-0.25, -0.2) is 4.98 Å². The summed E-state index contributed by atoms with van der Waals surface area (Å²) in [7, 11) is 0. The number of hydrogen-bond acceptors (Lipinski definition) is 2. The minimum atomic E-state index is 0.0201. The Morgan fingerprint density at radius 2 is 2.06 bits per heavy atom. The van der Waals surface area contributed by atoms with E-state index < -0.39 is 0 Å². The van der Waals surface area contributed by atoms with E-state index in [1.807, 2.05) is 18.6 Å². The number of hydrogen-bond donors (Lipinski definition) is 1. The first-order chi connectivity index (χ1) is 8.81. The van der Waals surface area contributed by atoms with E-state index in [-0.39, 0.29) is 6.04 Å². The lowest BCUT2D eigenvalue weighted by molar-refractivity contribution is 0.569. The molecule has 18 heavy (non-hydrogen) atoms. The minimum absolute atomic E-state index is 0.0201. The Morgan fingerprint density at radius 3 is 2.78 bits per heavy atom. The Hall–Kier alpha value is -1.61. The highest BCUT2D eigenvalue weighted by atomic mass is 15.1. The molecule has 2 aromatic rings. The molecule has 0 unspecified atom stereocenters. The van der Waals surface area contributed by atoms with Crippen molar-refractivity contribution in [2.45, 2.75) is 38.8 Å². The van der Waals surface area contributed by atoms with Gasteiger partial charge in [-0.05, 0) is 18.4 Å². The Bertz CT molecular complexity index is 462. The summed E-state index contributed by atoms with van der Waals surface area (Å²) in [6, 6.07) is 10.4. The van der Waals surface area contributed by atoms with Crippen LogP contribution in [0.4, 0.5) is 0 Å². The molecule has 1 atom stereocenters. The van der Waals surface area contributed by atoms with Crippen molar-refractivity contribution in [1.29, 1.82) is 0 Å². The molecular formula is C15H21N3. The van der Waals surface area contributed by atoms with Crippen molar-refractivity contribution in [2.75, 3.05) is 0 Å². The van der Waals surface area contributed by atoms with Crippen LogP contribution in [0.5, 0.6) is 0 Å². The van der Waals surface area contributed by atoms with Gasteiger partial charge in [-0.3, -0.25) is 0 Å². The summed E-state index contributed by atoms with van der Waals surface area (Å²) in [6.45, 7) is 3.20. The summed E-state index contributed by atoms with van der Waals surface area (Å²) >= 11 is 0. The fourth-order valence-corrected chi connectivity index (χ4v) is 2.13. The van der Waals surface area contributed by atoms with Gasteiger partial charge in [0, 0.05) is 12.7 Å². The van der Waals surface area contributed by atoms with E-state index in [2.05, 4.69) is 40.7 Å². The van der Waals surface area contributed by atoms with E-state index in [4.69, 9.17) is 5.73 Å². The minimum Gasteiger partial charge on any atom is -0.333 e. The van der Waals surface area contributed by atoms with Crippen molar-refractivity contribution in [1.82, 2.24) is 9.55 Å². The number of imidazole rings is 1.